The Bertz CT molecular complexity index is 771. The first-order valence-corrected chi connectivity index (χ1v) is 6.26. The molecule has 5 N–H and O–H groups in total. The molecule has 22 heavy (non-hydrogen) atoms. The molecule has 0 unspecified atom stereocenters. The molecule has 0 atom stereocenters. The molecule has 9 nitrogen and oxygen atoms in total. The van der Waals surface area contributed by atoms with Gasteiger partial charge in [0.15, 0.2) is 17.5 Å². The SMILES string of the molecule is NN=C(N)c1cc(C2=NC(=C3C=CN(O)C=C3)N=N2)ccn1. The quantitative estimate of drug-likeness (QED) is 0.321. The summed E-state index contributed by atoms with van der Waals surface area (Å²) in [6.45, 7) is 0. The number of azo groups is 1. The van der Waals surface area contributed by atoms with Gasteiger partial charge in [0, 0.05) is 29.7 Å². The molecule has 110 valence electrons. The molecular weight excluding hydrogens is 284 g/mol. The Kier molecular flexibility index (Phi) is 3.46. The summed E-state index contributed by atoms with van der Waals surface area (Å²) in [6.07, 6.45) is 7.88. The van der Waals surface area contributed by atoms with E-state index in [0.29, 0.717) is 22.9 Å². The molecule has 9 heteroatoms. The summed E-state index contributed by atoms with van der Waals surface area (Å²) in [7, 11) is 0. The molecule has 1 aromatic heterocycles. The molecule has 0 radical (unpaired) electrons. The van der Waals surface area contributed by atoms with Crippen LogP contribution in [-0.2, 0) is 0 Å². The van der Waals surface area contributed by atoms with E-state index >= 15 is 0 Å². The molecule has 0 saturated carbocycles. The van der Waals surface area contributed by atoms with Crippen LogP contribution < -0.4 is 11.6 Å². The summed E-state index contributed by atoms with van der Waals surface area (Å²) in [5.41, 5.74) is 7.50. The Morgan fingerprint density at radius 3 is 2.73 bits per heavy atom. The highest BCUT2D eigenvalue weighted by atomic mass is 16.5. The minimum Gasteiger partial charge on any atom is -0.380 e. The number of nitrogens with zero attached hydrogens (tertiary/aromatic N) is 6. The van der Waals surface area contributed by atoms with Crippen LogP contribution in [0.4, 0.5) is 0 Å². The van der Waals surface area contributed by atoms with Crippen molar-refractivity contribution in [2.45, 2.75) is 0 Å². The van der Waals surface area contributed by atoms with Crippen molar-refractivity contribution in [3.05, 3.63) is 65.5 Å². The van der Waals surface area contributed by atoms with E-state index in [1.54, 1.807) is 30.5 Å². The Morgan fingerprint density at radius 1 is 1.23 bits per heavy atom. The number of pyridine rings is 1. The highest BCUT2D eigenvalue weighted by Gasteiger charge is 2.15. The number of hydrogen-bond donors (Lipinski definition) is 3. The Balaban J connectivity index is 1.94. The average molecular weight is 296 g/mol. The van der Waals surface area contributed by atoms with E-state index in [2.05, 4.69) is 25.3 Å². The van der Waals surface area contributed by atoms with Crippen molar-refractivity contribution in [2.75, 3.05) is 0 Å². The molecule has 0 aliphatic carbocycles. The lowest BCUT2D eigenvalue weighted by atomic mass is 10.2. The number of hydroxylamine groups is 2. The van der Waals surface area contributed by atoms with Crippen LogP contribution in [0.3, 0.4) is 0 Å². The Morgan fingerprint density at radius 2 is 2.00 bits per heavy atom. The molecule has 1 aromatic rings. The lowest BCUT2D eigenvalue weighted by Crippen LogP contribution is -2.17. The van der Waals surface area contributed by atoms with Crippen molar-refractivity contribution in [2.24, 2.45) is 31.9 Å². The second-order valence-corrected chi connectivity index (χ2v) is 4.37. The van der Waals surface area contributed by atoms with Crippen LogP contribution in [0.25, 0.3) is 0 Å². The van der Waals surface area contributed by atoms with Crippen molar-refractivity contribution < 1.29 is 5.21 Å². The maximum atomic E-state index is 9.21. The number of aromatic nitrogens is 1. The molecule has 0 bridgehead atoms. The van der Waals surface area contributed by atoms with Gasteiger partial charge < -0.3 is 11.6 Å². The summed E-state index contributed by atoms with van der Waals surface area (Å²) < 4.78 is 0. The summed E-state index contributed by atoms with van der Waals surface area (Å²) >= 11 is 0. The molecule has 2 aliphatic heterocycles. The number of amidine groups is 2. The third-order valence-corrected chi connectivity index (χ3v) is 2.94. The number of aliphatic imine (C=N–C) groups is 1. The second-order valence-electron chi connectivity index (χ2n) is 4.37. The molecule has 0 spiro atoms. The summed E-state index contributed by atoms with van der Waals surface area (Å²) in [6, 6.07) is 3.42. The van der Waals surface area contributed by atoms with Gasteiger partial charge in [-0.3, -0.25) is 10.2 Å². The highest BCUT2D eigenvalue weighted by molar-refractivity contribution is 6.03. The number of rotatable bonds is 2. The fraction of sp³-hybridized carbons (Fsp3) is 0. The van der Waals surface area contributed by atoms with Gasteiger partial charge in [-0.15, -0.1) is 10.2 Å². The van der Waals surface area contributed by atoms with Gasteiger partial charge in [-0.2, -0.15) is 5.10 Å². The van der Waals surface area contributed by atoms with Gasteiger partial charge in [0.25, 0.3) is 0 Å². The number of nitrogens with two attached hydrogens (primary N) is 2. The Labute approximate surface area is 125 Å². The minimum absolute atomic E-state index is 0.122. The third kappa shape index (κ3) is 2.60. The summed E-state index contributed by atoms with van der Waals surface area (Å²) in [5.74, 6) is 6.15. The molecular formula is C13H12N8O. The number of hydrazone groups is 1. The van der Waals surface area contributed by atoms with Gasteiger partial charge >= 0.3 is 0 Å². The zero-order valence-electron chi connectivity index (χ0n) is 11.3. The molecule has 2 aliphatic rings. The third-order valence-electron chi connectivity index (χ3n) is 2.94. The van der Waals surface area contributed by atoms with Gasteiger partial charge in [0.05, 0.1) is 0 Å². The topological polar surface area (TPSA) is 138 Å². The fourth-order valence-corrected chi connectivity index (χ4v) is 1.83. The molecule has 0 fully saturated rings. The minimum atomic E-state index is 0.122. The van der Waals surface area contributed by atoms with Crippen LogP contribution in [-0.4, -0.2) is 26.9 Å². The predicted molar refractivity (Wildman–Crippen MR) is 79.5 cm³/mol. The predicted octanol–water partition coefficient (Wildman–Crippen LogP) is 0.817. The molecule has 0 amide bonds. The van der Waals surface area contributed by atoms with Gasteiger partial charge in [0.2, 0.25) is 0 Å². The molecule has 3 heterocycles. The van der Waals surface area contributed by atoms with Crippen LogP contribution in [0.15, 0.2) is 74.6 Å². The first kappa shape index (κ1) is 13.6. The van der Waals surface area contributed by atoms with Gasteiger partial charge in [-0.25, -0.2) is 10.1 Å². The normalized spacial score (nSPS) is 17.4. The number of hydrogen-bond acceptors (Lipinski definition) is 8. The van der Waals surface area contributed by atoms with E-state index in [-0.39, 0.29) is 5.84 Å². The highest BCUT2D eigenvalue weighted by Crippen LogP contribution is 2.22. The first-order valence-electron chi connectivity index (χ1n) is 6.26. The zero-order valence-corrected chi connectivity index (χ0v) is 11.3. The largest absolute Gasteiger partial charge is 0.380 e. The summed E-state index contributed by atoms with van der Waals surface area (Å²) in [4.78, 5) is 8.42. The maximum absolute atomic E-state index is 9.21. The Hall–Kier alpha value is -3.33. The smallest absolute Gasteiger partial charge is 0.184 e. The van der Waals surface area contributed by atoms with Crippen molar-refractivity contribution >= 4 is 11.7 Å². The molecule has 3 rings (SSSR count). The average Bonchev–Trinajstić information content (AvgIpc) is 3.05. The second kappa shape index (κ2) is 5.58. The maximum Gasteiger partial charge on any atom is 0.184 e. The van der Waals surface area contributed by atoms with Crippen molar-refractivity contribution in [1.29, 1.82) is 0 Å². The first-order chi connectivity index (χ1) is 10.7. The van der Waals surface area contributed by atoms with Gasteiger partial charge in [-0.05, 0) is 24.3 Å². The van der Waals surface area contributed by atoms with E-state index in [0.717, 1.165) is 10.6 Å². The van der Waals surface area contributed by atoms with Crippen LogP contribution in [0.2, 0.25) is 0 Å². The number of allylic oxidation sites excluding steroid dienone is 3. The lowest BCUT2D eigenvalue weighted by molar-refractivity contribution is 0.0105. The fourth-order valence-electron chi connectivity index (χ4n) is 1.83. The van der Waals surface area contributed by atoms with Crippen LogP contribution in [0, 0.1) is 0 Å². The summed E-state index contributed by atoms with van der Waals surface area (Å²) in [5, 5.41) is 21.6. The van der Waals surface area contributed by atoms with Crippen molar-refractivity contribution in [1.82, 2.24) is 10.0 Å². The van der Waals surface area contributed by atoms with E-state index in [1.165, 1.54) is 12.4 Å². The van der Waals surface area contributed by atoms with E-state index in [9.17, 15) is 5.21 Å². The van der Waals surface area contributed by atoms with Crippen LogP contribution in [0.5, 0.6) is 0 Å². The van der Waals surface area contributed by atoms with Crippen LogP contribution in [0.1, 0.15) is 11.3 Å². The van der Waals surface area contributed by atoms with Crippen molar-refractivity contribution in [3.63, 3.8) is 0 Å². The van der Waals surface area contributed by atoms with Gasteiger partial charge in [0.1, 0.15) is 5.69 Å². The zero-order chi connectivity index (χ0) is 15.5. The van der Waals surface area contributed by atoms with Gasteiger partial charge in [-0.1, -0.05) is 0 Å². The standard InChI is InChI=1S/C13H12N8O/c14-11(18-15)10-7-9(1-4-16-10)13-17-12(19-20-13)8-2-5-21(22)6-3-8/h1-7,22H,15H2,(H2,14,18). The lowest BCUT2D eigenvalue weighted by Gasteiger charge is -2.09. The molecule has 0 saturated heterocycles. The van der Waals surface area contributed by atoms with Crippen molar-refractivity contribution in [3.8, 4) is 0 Å². The van der Waals surface area contributed by atoms with E-state index < -0.39 is 0 Å². The molecule has 0 aromatic carbocycles. The van der Waals surface area contributed by atoms with Crippen LogP contribution >= 0.6 is 0 Å². The monoisotopic (exact) mass is 296 g/mol. The van der Waals surface area contributed by atoms with E-state index in [4.69, 9.17) is 11.6 Å². The van der Waals surface area contributed by atoms with E-state index in [1.807, 2.05) is 0 Å².